The zero-order chi connectivity index (χ0) is 27.0. The average Bonchev–Trinajstić information content (AvgIpc) is 2.87. The molecular formula is C28H32ClN3O4S. The van der Waals surface area contributed by atoms with E-state index in [4.69, 9.17) is 11.6 Å². The van der Waals surface area contributed by atoms with Crippen molar-refractivity contribution in [1.82, 2.24) is 14.5 Å². The highest BCUT2D eigenvalue weighted by Crippen LogP contribution is 2.16. The predicted molar refractivity (Wildman–Crippen MR) is 146 cm³/mol. The van der Waals surface area contributed by atoms with Gasteiger partial charge >= 0.3 is 0 Å². The molecule has 3 aromatic carbocycles. The van der Waals surface area contributed by atoms with E-state index in [0.29, 0.717) is 11.6 Å². The Balaban J connectivity index is 1.80. The molecule has 3 rings (SSSR count). The molecule has 9 heteroatoms. The van der Waals surface area contributed by atoms with E-state index in [-0.39, 0.29) is 19.0 Å². The zero-order valence-electron chi connectivity index (χ0n) is 21.2. The van der Waals surface area contributed by atoms with Crippen molar-refractivity contribution in [2.75, 3.05) is 12.8 Å². The summed E-state index contributed by atoms with van der Waals surface area (Å²) in [6.07, 6.45) is 1.07. The Morgan fingerprint density at radius 1 is 0.865 bits per heavy atom. The molecule has 37 heavy (non-hydrogen) atoms. The summed E-state index contributed by atoms with van der Waals surface area (Å²) in [6.45, 7) is 3.72. The van der Waals surface area contributed by atoms with Crippen molar-refractivity contribution in [3.8, 4) is 0 Å². The molecule has 0 unspecified atom stereocenters. The first-order chi connectivity index (χ1) is 17.5. The van der Waals surface area contributed by atoms with Gasteiger partial charge in [-0.2, -0.15) is 4.31 Å². The van der Waals surface area contributed by atoms with Gasteiger partial charge in [0.1, 0.15) is 6.04 Å². The molecule has 0 aliphatic heterocycles. The maximum absolute atomic E-state index is 13.5. The van der Waals surface area contributed by atoms with E-state index in [1.165, 1.54) is 4.90 Å². The number of nitrogens with one attached hydrogen (secondary N) is 1. The van der Waals surface area contributed by atoms with Gasteiger partial charge in [0, 0.05) is 24.7 Å². The third-order valence-electron chi connectivity index (χ3n) is 6.00. The molecule has 3 aromatic rings. The Labute approximate surface area is 224 Å². The largest absolute Gasteiger partial charge is 0.350 e. The number of halogens is 1. The molecule has 0 heterocycles. The molecule has 7 nitrogen and oxygen atoms in total. The standard InChI is InChI=1S/C28H32ClN3O4S/c1-21-9-11-23(12-10-21)17-30-28(34)22(2)32(19-25-13-15-26(29)16-14-25)27(33)20-31(37(3,35)36)18-24-7-5-4-6-8-24/h4-16,22H,17-20H2,1-3H3,(H,30,34)/t22-/m0/s1. The molecule has 0 fully saturated rings. The number of amides is 2. The molecule has 0 aliphatic carbocycles. The van der Waals surface area contributed by atoms with Gasteiger partial charge in [0.2, 0.25) is 21.8 Å². The second-order valence-electron chi connectivity index (χ2n) is 9.04. The predicted octanol–water partition coefficient (Wildman–Crippen LogP) is 4.14. The van der Waals surface area contributed by atoms with E-state index in [9.17, 15) is 18.0 Å². The number of hydrogen-bond donors (Lipinski definition) is 1. The second kappa shape index (κ2) is 12.9. The quantitative estimate of drug-likeness (QED) is 0.395. The lowest BCUT2D eigenvalue weighted by molar-refractivity contribution is -0.140. The highest BCUT2D eigenvalue weighted by molar-refractivity contribution is 7.88. The highest BCUT2D eigenvalue weighted by atomic mass is 35.5. The zero-order valence-corrected chi connectivity index (χ0v) is 22.8. The fourth-order valence-electron chi connectivity index (χ4n) is 3.73. The Bertz CT molecular complexity index is 1300. The number of sulfonamides is 1. The molecule has 0 spiro atoms. The number of aryl methyl sites for hydroxylation is 1. The first-order valence-electron chi connectivity index (χ1n) is 11.9. The van der Waals surface area contributed by atoms with E-state index >= 15 is 0 Å². The average molecular weight is 542 g/mol. The summed E-state index contributed by atoms with van der Waals surface area (Å²) in [6, 6.07) is 23.0. The summed E-state index contributed by atoms with van der Waals surface area (Å²) in [7, 11) is -3.70. The van der Waals surface area contributed by atoms with Crippen LogP contribution in [0.3, 0.4) is 0 Å². The van der Waals surface area contributed by atoms with E-state index in [0.717, 1.165) is 32.8 Å². The van der Waals surface area contributed by atoms with Gasteiger partial charge < -0.3 is 10.2 Å². The van der Waals surface area contributed by atoms with Gasteiger partial charge in [0.25, 0.3) is 0 Å². The molecule has 0 saturated heterocycles. The third-order valence-corrected chi connectivity index (χ3v) is 7.45. The summed E-state index contributed by atoms with van der Waals surface area (Å²) in [5, 5.41) is 3.44. The number of rotatable bonds is 11. The number of carbonyl (C=O) groups excluding carboxylic acids is 2. The lowest BCUT2D eigenvalue weighted by atomic mass is 10.1. The summed E-state index contributed by atoms with van der Waals surface area (Å²) in [5.41, 5.74) is 3.58. The van der Waals surface area contributed by atoms with E-state index in [1.807, 2.05) is 49.4 Å². The summed E-state index contributed by atoms with van der Waals surface area (Å²) >= 11 is 6.01. The number of nitrogens with zero attached hydrogens (tertiary/aromatic N) is 2. The highest BCUT2D eigenvalue weighted by Gasteiger charge is 2.29. The molecular weight excluding hydrogens is 510 g/mol. The Morgan fingerprint density at radius 2 is 1.43 bits per heavy atom. The molecule has 0 radical (unpaired) electrons. The van der Waals surface area contributed by atoms with Gasteiger partial charge in [-0.05, 0) is 42.7 Å². The van der Waals surface area contributed by atoms with Crippen molar-refractivity contribution in [2.45, 2.75) is 39.5 Å². The molecule has 0 aromatic heterocycles. The monoisotopic (exact) mass is 541 g/mol. The van der Waals surface area contributed by atoms with Crippen LogP contribution in [0.4, 0.5) is 0 Å². The van der Waals surface area contributed by atoms with Crippen molar-refractivity contribution in [3.05, 3.63) is 106 Å². The number of benzene rings is 3. The van der Waals surface area contributed by atoms with E-state index in [1.54, 1.807) is 43.3 Å². The number of carbonyl (C=O) groups is 2. The maximum atomic E-state index is 13.5. The van der Waals surface area contributed by atoms with Gasteiger partial charge in [-0.25, -0.2) is 8.42 Å². The Kier molecular flexibility index (Phi) is 9.86. The molecule has 0 bridgehead atoms. The van der Waals surface area contributed by atoms with Crippen LogP contribution in [0.5, 0.6) is 0 Å². The summed E-state index contributed by atoms with van der Waals surface area (Å²) in [4.78, 5) is 28.0. The lowest BCUT2D eigenvalue weighted by Gasteiger charge is -2.31. The molecule has 1 atom stereocenters. The lowest BCUT2D eigenvalue weighted by Crippen LogP contribution is -2.50. The third kappa shape index (κ3) is 8.70. The molecule has 0 aliphatic rings. The van der Waals surface area contributed by atoms with Crippen LogP contribution >= 0.6 is 11.6 Å². The van der Waals surface area contributed by atoms with Gasteiger partial charge in [-0.3, -0.25) is 9.59 Å². The second-order valence-corrected chi connectivity index (χ2v) is 11.5. The van der Waals surface area contributed by atoms with Gasteiger partial charge in [-0.1, -0.05) is 83.9 Å². The smallest absolute Gasteiger partial charge is 0.242 e. The first kappa shape index (κ1) is 28.4. The van der Waals surface area contributed by atoms with Gasteiger partial charge in [-0.15, -0.1) is 0 Å². The van der Waals surface area contributed by atoms with E-state index in [2.05, 4.69) is 5.32 Å². The molecule has 0 saturated carbocycles. The minimum Gasteiger partial charge on any atom is -0.350 e. The summed E-state index contributed by atoms with van der Waals surface area (Å²) in [5.74, 6) is -0.814. The van der Waals surface area contributed by atoms with Crippen LogP contribution in [0, 0.1) is 6.92 Å². The fourth-order valence-corrected chi connectivity index (χ4v) is 4.59. The van der Waals surface area contributed by atoms with Crippen LogP contribution in [0.2, 0.25) is 5.02 Å². The van der Waals surface area contributed by atoms with Crippen LogP contribution in [0.15, 0.2) is 78.9 Å². The topological polar surface area (TPSA) is 86.8 Å². The van der Waals surface area contributed by atoms with Gasteiger partial charge in [0.15, 0.2) is 0 Å². The van der Waals surface area contributed by atoms with Crippen molar-refractivity contribution >= 4 is 33.4 Å². The minimum absolute atomic E-state index is 0.0498. The Hall–Kier alpha value is -3.20. The van der Waals surface area contributed by atoms with Crippen molar-refractivity contribution in [1.29, 1.82) is 0 Å². The molecule has 196 valence electrons. The van der Waals surface area contributed by atoms with Crippen LogP contribution in [0.25, 0.3) is 0 Å². The molecule has 1 N–H and O–H groups in total. The van der Waals surface area contributed by atoms with E-state index < -0.39 is 28.5 Å². The van der Waals surface area contributed by atoms with Crippen molar-refractivity contribution in [3.63, 3.8) is 0 Å². The van der Waals surface area contributed by atoms with Crippen LogP contribution < -0.4 is 5.32 Å². The normalized spacial score (nSPS) is 12.2. The van der Waals surface area contributed by atoms with Crippen LogP contribution in [-0.2, 0) is 39.2 Å². The van der Waals surface area contributed by atoms with Gasteiger partial charge in [0.05, 0.1) is 12.8 Å². The number of hydrogen-bond acceptors (Lipinski definition) is 4. The maximum Gasteiger partial charge on any atom is 0.242 e. The van der Waals surface area contributed by atoms with Crippen LogP contribution in [0.1, 0.15) is 29.2 Å². The van der Waals surface area contributed by atoms with Crippen molar-refractivity contribution < 1.29 is 18.0 Å². The fraction of sp³-hybridized carbons (Fsp3) is 0.286. The SMILES string of the molecule is Cc1ccc(CNC(=O)[C@H](C)N(Cc2ccc(Cl)cc2)C(=O)CN(Cc2ccccc2)S(C)(=O)=O)cc1. The summed E-state index contributed by atoms with van der Waals surface area (Å²) < 4.78 is 26.2. The van der Waals surface area contributed by atoms with Crippen molar-refractivity contribution in [2.24, 2.45) is 0 Å². The first-order valence-corrected chi connectivity index (χ1v) is 14.1. The molecule has 2 amide bonds. The van der Waals surface area contributed by atoms with Crippen LogP contribution in [-0.4, -0.2) is 48.3 Å². The minimum atomic E-state index is -3.70. The Morgan fingerprint density at radius 3 is 2.03 bits per heavy atom.